The molecule has 1 aromatic carbocycles. The van der Waals surface area contributed by atoms with E-state index in [1.54, 1.807) is 3.88 Å². The second-order valence-corrected chi connectivity index (χ2v) is 22.1. The number of allylic oxidation sites excluding steroid dienone is 4. The zero-order chi connectivity index (χ0) is 19.1. The molecular weight excluding hydrogens is 372 g/mol. The third-order valence-electron chi connectivity index (χ3n) is 5.51. The van der Waals surface area contributed by atoms with Crippen molar-refractivity contribution >= 4 is 22.1 Å². The van der Waals surface area contributed by atoms with Crippen molar-refractivity contribution in [3.8, 4) is 5.75 Å². The van der Waals surface area contributed by atoms with Gasteiger partial charge in [0.2, 0.25) is 0 Å². The normalized spacial score (nSPS) is 14.8. The fraction of sp³-hybridized carbons (Fsp3) is 0.524. The minimum atomic E-state index is -1.66. The van der Waals surface area contributed by atoms with Gasteiger partial charge in [-0.2, -0.15) is 0 Å². The van der Waals surface area contributed by atoms with Crippen molar-refractivity contribution in [3.63, 3.8) is 0 Å². The predicted octanol–water partition coefficient (Wildman–Crippen LogP) is 4.03. The number of rotatable bonds is 4. The first-order chi connectivity index (χ1) is 11.5. The Bertz CT molecular complexity index is 739. The molecule has 0 saturated carbocycles. The fourth-order valence-electron chi connectivity index (χ4n) is 4.14. The van der Waals surface area contributed by atoms with Crippen molar-refractivity contribution < 1.29 is 20.8 Å². The second kappa shape index (κ2) is 7.72. The molecule has 0 amide bonds. The molecule has 0 aliphatic heterocycles. The van der Waals surface area contributed by atoms with Gasteiger partial charge in [-0.15, -0.1) is 0 Å². The van der Waals surface area contributed by atoms with Crippen LogP contribution in [0, 0.1) is 20.8 Å². The summed E-state index contributed by atoms with van der Waals surface area (Å²) >= 11 is -1.66. The zero-order valence-electron chi connectivity index (χ0n) is 17.8. The molecule has 137 valence electrons. The molecule has 0 radical (unpaired) electrons. The molecule has 1 nitrogen and oxygen atoms in total. The molecule has 1 aliphatic rings. The number of hydrogen-bond acceptors (Lipinski definition) is 1. The van der Waals surface area contributed by atoms with Gasteiger partial charge in [-0.1, -0.05) is 0 Å². The monoisotopic (exact) mass is 407 g/mol. The Morgan fingerprint density at radius 3 is 2.08 bits per heavy atom. The molecule has 0 spiro atoms. The molecule has 0 aromatic heterocycles. The van der Waals surface area contributed by atoms with Crippen molar-refractivity contribution in [3.05, 3.63) is 43.9 Å². The van der Waals surface area contributed by atoms with Gasteiger partial charge in [0.05, 0.1) is 0 Å². The Balaban J connectivity index is 2.59. The molecule has 0 unspecified atom stereocenters. The van der Waals surface area contributed by atoms with Crippen LogP contribution in [0.15, 0.2) is 21.6 Å². The van der Waals surface area contributed by atoms with E-state index in [4.69, 9.17) is 3.32 Å². The predicted molar refractivity (Wildman–Crippen MR) is 115 cm³/mol. The molecule has 4 heteroatoms. The summed E-state index contributed by atoms with van der Waals surface area (Å²) in [5.74, 6) is 1.27. The molecule has 25 heavy (non-hydrogen) atoms. The van der Waals surface area contributed by atoms with Crippen LogP contribution in [0.5, 0.6) is 5.75 Å². The van der Waals surface area contributed by atoms with Crippen LogP contribution in [0.25, 0.3) is 0 Å². The van der Waals surface area contributed by atoms with Gasteiger partial charge in [-0.3, -0.25) is 0 Å². The van der Waals surface area contributed by atoms with Gasteiger partial charge in [0.15, 0.2) is 0 Å². The van der Waals surface area contributed by atoms with Crippen LogP contribution in [0.4, 0.5) is 0 Å². The Morgan fingerprint density at radius 1 is 1.04 bits per heavy atom. The minimum absolute atomic E-state index is 0.178. The first-order valence-corrected chi connectivity index (χ1v) is 17.5. The maximum absolute atomic E-state index is 7.03. The van der Waals surface area contributed by atoms with Gasteiger partial charge in [0.1, 0.15) is 0 Å². The van der Waals surface area contributed by atoms with Crippen LogP contribution in [0.3, 0.4) is 0 Å². The molecule has 0 atom stereocenters. The summed E-state index contributed by atoms with van der Waals surface area (Å²) in [6.07, 6.45) is 5.77. The topological polar surface area (TPSA) is 9.23 Å². The van der Waals surface area contributed by atoms with Gasteiger partial charge in [-0.25, -0.2) is 0 Å². The first-order valence-electron chi connectivity index (χ1n) is 9.49. The fourth-order valence-corrected chi connectivity index (χ4v) is 15.5. The molecule has 1 aromatic rings. The van der Waals surface area contributed by atoms with Gasteiger partial charge in [-0.05, 0) is 0 Å². The van der Waals surface area contributed by atoms with Crippen LogP contribution >= 0.6 is 0 Å². The average molecular weight is 408 g/mol. The van der Waals surface area contributed by atoms with Crippen molar-refractivity contribution in [1.82, 2.24) is 0 Å². The summed E-state index contributed by atoms with van der Waals surface area (Å²) in [6.45, 7) is 20.3. The van der Waals surface area contributed by atoms with Crippen LogP contribution in [0.1, 0.15) is 56.4 Å². The summed E-state index contributed by atoms with van der Waals surface area (Å²) in [5, 5.41) is 1.51. The Morgan fingerprint density at radius 2 is 1.64 bits per heavy atom. The van der Waals surface area contributed by atoms with E-state index in [0.717, 1.165) is 16.7 Å². The van der Waals surface area contributed by atoms with Crippen LogP contribution in [0.2, 0.25) is 13.1 Å². The summed E-state index contributed by atoms with van der Waals surface area (Å²) in [4.78, 5) is 0. The maximum atomic E-state index is 7.03. The summed E-state index contributed by atoms with van der Waals surface area (Å²) in [6, 6.07) is 0. The van der Waals surface area contributed by atoms with E-state index in [-0.39, 0.29) is 5.41 Å². The third-order valence-corrected chi connectivity index (χ3v) is 16.9. The molecule has 2 rings (SSSR count). The molecule has 0 N–H and O–H groups in total. The summed E-state index contributed by atoms with van der Waals surface area (Å²) in [7, 11) is 1.05. The van der Waals surface area contributed by atoms with E-state index in [1.807, 2.05) is 0 Å². The zero-order valence-corrected chi connectivity index (χ0v) is 22.6. The summed E-state index contributed by atoms with van der Waals surface area (Å²) < 4.78 is 8.71. The third kappa shape index (κ3) is 4.15. The molecule has 1 aliphatic carbocycles. The van der Waals surface area contributed by atoms with E-state index >= 15 is 0 Å². The van der Waals surface area contributed by atoms with E-state index in [2.05, 4.69) is 73.7 Å². The second-order valence-electron chi connectivity index (χ2n) is 8.84. The first kappa shape index (κ1) is 21.0. The van der Waals surface area contributed by atoms with Crippen molar-refractivity contribution in [2.24, 2.45) is 0 Å². The van der Waals surface area contributed by atoms with Gasteiger partial charge in [0, 0.05) is 0 Å². The van der Waals surface area contributed by atoms with Crippen molar-refractivity contribution in [2.75, 3.05) is 0 Å². The number of benzene rings is 1. The van der Waals surface area contributed by atoms with Crippen molar-refractivity contribution in [1.29, 1.82) is 0 Å². The molecule has 0 bridgehead atoms. The van der Waals surface area contributed by atoms with E-state index < -0.39 is 24.2 Å². The van der Waals surface area contributed by atoms with Crippen molar-refractivity contribution in [2.45, 2.75) is 73.4 Å². The SMILES string of the molecule is CC1=[C]([Ti]([O]c2c(C)c(C)c(C)c(C(C)(C)C)c2[SiH3])[SiH](C)C)CC=C1. The average Bonchev–Trinajstić information content (AvgIpc) is 2.89. The molecular formula is C21H35OSi2Ti. The van der Waals surface area contributed by atoms with Crippen LogP contribution < -0.4 is 8.51 Å². The van der Waals surface area contributed by atoms with Crippen LogP contribution in [-0.4, -0.2) is 16.9 Å². The molecule has 0 heterocycles. The van der Waals surface area contributed by atoms with Gasteiger partial charge >= 0.3 is 166 Å². The van der Waals surface area contributed by atoms with E-state index in [0.29, 0.717) is 0 Å². The quantitative estimate of drug-likeness (QED) is 0.685. The van der Waals surface area contributed by atoms with Gasteiger partial charge in [0.25, 0.3) is 0 Å². The Kier molecular flexibility index (Phi) is 6.47. The molecule has 0 fully saturated rings. The standard InChI is InChI=1S/C13H22OSi.C6H7.C2H7Si.Ti/c1-7-8(2)10(13(4,5)6)12(15)11(14)9(7)3;1-6-4-2-3-5-6;1-3-2;/h14H,1-6,15H3;2,4H,3H2,1H3;3H,1-2H3;/q;;;+1/p-1. The Hall–Kier alpha value is -0.352. The van der Waals surface area contributed by atoms with E-state index in [1.165, 1.54) is 38.8 Å². The Labute approximate surface area is 165 Å². The number of hydrogen-bond donors (Lipinski definition) is 0. The van der Waals surface area contributed by atoms with Gasteiger partial charge < -0.3 is 0 Å². The van der Waals surface area contributed by atoms with Crippen LogP contribution in [-0.2, 0) is 22.9 Å². The molecule has 0 saturated heterocycles. The van der Waals surface area contributed by atoms with E-state index in [9.17, 15) is 0 Å². The summed E-state index contributed by atoms with van der Waals surface area (Å²) in [5.41, 5.74) is 7.50.